The maximum atomic E-state index is 12.5. The van der Waals surface area contributed by atoms with Gasteiger partial charge in [-0.15, -0.1) is 0 Å². The molecule has 21 heavy (non-hydrogen) atoms. The van der Waals surface area contributed by atoms with Crippen molar-refractivity contribution in [1.82, 2.24) is 4.98 Å². The van der Waals surface area contributed by atoms with Crippen LogP contribution in [0, 0.1) is 0 Å². The van der Waals surface area contributed by atoms with Crippen molar-refractivity contribution in [2.24, 2.45) is 0 Å². The smallest absolute Gasteiger partial charge is 0.249 e. The molecule has 1 fully saturated rings. The van der Waals surface area contributed by atoms with Crippen molar-refractivity contribution >= 4 is 29.0 Å². The zero-order chi connectivity index (χ0) is 15.0. The number of nitrogens with zero attached hydrogens (tertiary/aromatic N) is 3. The standard InChI is InChI=1S/C16H22ClN3O/c1-11-16(21)19(2)13-9-10-14(17)18-15(13)20(11)12-7-5-3-4-6-8-12/h9-12H,3-8H2,1-2H3/t11-/m1/s1. The number of pyridine rings is 1. The average Bonchev–Trinajstić information content (AvgIpc) is 2.74. The van der Waals surface area contributed by atoms with Gasteiger partial charge < -0.3 is 9.80 Å². The normalized spacial score (nSPS) is 24.0. The molecule has 0 spiro atoms. The van der Waals surface area contributed by atoms with E-state index in [-0.39, 0.29) is 11.9 Å². The number of anilines is 2. The Bertz CT molecular complexity index is 540. The predicted octanol–water partition coefficient (Wildman–Crippen LogP) is 3.63. The monoisotopic (exact) mass is 307 g/mol. The third-order valence-corrected chi connectivity index (χ3v) is 4.96. The Morgan fingerprint density at radius 1 is 1.19 bits per heavy atom. The second-order valence-electron chi connectivity index (χ2n) is 6.10. The number of halogens is 1. The van der Waals surface area contributed by atoms with Crippen LogP contribution >= 0.6 is 11.6 Å². The lowest BCUT2D eigenvalue weighted by Gasteiger charge is -2.43. The van der Waals surface area contributed by atoms with Crippen molar-refractivity contribution in [2.45, 2.75) is 57.5 Å². The highest BCUT2D eigenvalue weighted by Gasteiger charge is 2.38. The van der Waals surface area contributed by atoms with E-state index in [4.69, 9.17) is 11.6 Å². The van der Waals surface area contributed by atoms with Crippen molar-refractivity contribution in [3.8, 4) is 0 Å². The number of carbonyl (C=O) groups excluding carboxylic acids is 1. The molecule has 1 aromatic rings. The Labute approximate surface area is 131 Å². The molecule has 0 unspecified atom stereocenters. The summed E-state index contributed by atoms with van der Waals surface area (Å²) in [5.41, 5.74) is 0.867. The maximum Gasteiger partial charge on any atom is 0.249 e. The van der Waals surface area contributed by atoms with E-state index in [0.717, 1.165) is 24.3 Å². The molecule has 0 N–H and O–H groups in total. The second-order valence-corrected chi connectivity index (χ2v) is 6.49. The molecule has 2 aliphatic rings. The summed E-state index contributed by atoms with van der Waals surface area (Å²) in [5.74, 6) is 1.000. The van der Waals surface area contributed by atoms with Gasteiger partial charge in [-0.1, -0.05) is 37.3 Å². The molecule has 2 heterocycles. The summed E-state index contributed by atoms with van der Waals surface area (Å²) in [5, 5.41) is 0.488. The Morgan fingerprint density at radius 3 is 2.52 bits per heavy atom. The molecule has 1 amide bonds. The lowest BCUT2D eigenvalue weighted by molar-refractivity contribution is -0.119. The Hall–Kier alpha value is -1.29. The SMILES string of the molecule is C[C@@H]1C(=O)N(C)c2ccc(Cl)nc2N1C1CCCCCC1. The summed E-state index contributed by atoms with van der Waals surface area (Å²) in [6.07, 6.45) is 7.32. The van der Waals surface area contributed by atoms with Crippen LogP contribution in [-0.4, -0.2) is 30.0 Å². The molecule has 0 radical (unpaired) electrons. The molecular formula is C16H22ClN3O. The summed E-state index contributed by atoms with van der Waals surface area (Å²) in [6, 6.07) is 3.88. The molecule has 1 atom stereocenters. The largest absolute Gasteiger partial charge is 0.340 e. The van der Waals surface area contributed by atoms with E-state index in [0.29, 0.717) is 11.2 Å². The summed E-state index contributed by atoms with van der Waals surface area (Å²) in [7, 11) is 1.82. The molecule has 1 aliphatic carbocycles. The van der Waals surface area contributed by atoms with Crippen molar-refractivity contribution in [3.63, 3.8) is 0 Å². The minimum Gasteiger partial charge on any atom is -0.340 e. The van der Waals surface area contributed by atoms with E-state index in [1.54, 1.807) is 11.0 Å². The molecule has 0 saturated heterocycles. The molecule has 1 aromatic heterocycles. The summed E-state index contributed by atoms with van der Waals surface area (Å²) >= 11 is 6.10. The quantitative estimate of drug-likeness (QED) is 0.587. The van der Waals surface area contributed by atoms with Gasteiger partial charge in [0.25, 0.3) is 0 Å². The van der Waals surface area contributed by atoms with Crippen LogP contribution in [0.3, 0.4) is 0 Å². The van der Waals surface area contributed by atoms with Crippen LogP contribution in [0.15, 0.2) is 12.1 Å². The van der Waals surface area contributed by atoms with E-state index in [9.17, 15) is 4.79 Å². The third-order valence-electron chi connectivity index (χ3n) is 4.75. The lowest BCUT2D eigenvalue weighted by atomic mass is 10.0. The molecule has 1 aliphatic heterocycles. The predicted molar refractivity (Wildman–Crippen MR) is 86.1 cm³/mol. The first-order chi connectivity index (χ1) is 10.1. The van der Waals surface area contributed by atoms with Crippen molar-refractivity contribution < 1.29 is 4.79 Å². The molecule has 0 aromatic carbocycles. The number of carbonyl (C=O) groups is 1. The highest BCUT2D eigenvalue weighted by Crippen LogP contribution is 2.38. The number of rotatable bonds is 1. The van der Waals surface area contributed by atoms with Crippen molar-refractivity contribution in [3.05, 3.63) is 17.3 Å². The van der Waals surface area contributed by atoms with Crippen molar-refractivity contribution in [1.29, 1.82) is 0 Å². The van der Waals surface area contributed by atoms with Gasteiger partial charge in [0.2, 0.25) is 5.91 Å². The number of hydrogen-bond acceptors (Lipinski definition) is 3. The van der Waals surface area contributed by atoms with Crippen LogP contribution in [0.25, 0.3) is 0 Å². The van der Waals surface area contributed by atoms with Gasteiger partial charge in [0.15, 0.2) is 5.82 Å². The van der Waals surface area contributed by atoms with Gasteiger partial charge in [-0.25, -0.2) is 4.98 Å². The van der Waals surface area contributed by atoms with Crippen LogP contribution in [0.1, 0.15) is 45.4 Å². The van der Waals surface area contributed by atoms with Crippen molar-refractivity contribution in [2.75, 3.05) is 16.8 Å². The minimum atomic E-state index is -0.170. The highest BCUT2D eigenvalue weighted by molar-refractivity contribution is 6.29. The summed E-state index contributed by atoms with van der Waals surface area (Å²) in [6.45, 7) is 1.98. The molecular weight excluding hydrogens is 286 g/mol. The van der Waals surface area contributed by atoms with Gasteiger partial charge in [0.05, 0.1) is 5.69 Å². The van der Waals surface area contributed by atoms with Crippen LogP contribution in [0.4, 0.5) is 11.5 Å². The van der Waals surface area contributed by atoms with Crippen LogP contribution in [0.2, 0.25) is 5.15 Å². The summed E-state index contributed by atoms with van der Waals surface area (Å²) in [4.78, 5) is 21.0. The Balaban J connectivity index is 2.03. The zero-order valence-corrected chi connectivity index (χ0v) is 13.4. The minimum absolute atomic E-state index is 0.135. The first kappa shape index (κ1) is 14.6. The number of likely N-dealkylation sites (N-methyl/N-ethyl adjacent to an activating group) is 1. The molecule has 114 valence electrons. The van der Waals surface area contributed by atoms with E-state index >= 15 is 0 Å². The van der Waals surface area contributed by atoms with Crippen LogP contribution < -0.4 is 9.80 Å². The van der Waals surface area contributed by atoms with E-state index < -0.39 is 0 Å². The third kappa shape index (κ3) is 2.61. The fraction of sp³-hybridized carbons (Fsp3) is 0.625. The molecule has 0 bridgehead atoms. The van der Waals surface area contributed by atoms with Gasteiger partial charge in [-0.05, 0) is 31.9 Å². The molecule has 5 heteroatoms. The molecule has 1 saturated carbocycles. The number of hydrogen-bond donors (Lipinski definition) is 0. The zero-order valence-electron chi connectivity index (χ0n) is 12.7. The van der Waals surface area contributed by atoms with Gasteiger partial charge in [0, 0.05) is 13.1 Å². The first-order valence-corrected chi connectivity index (χ1v) is 8.20. The first-order valence-electron chi connectivity index (χ1n) is 7.82. The van der Waals surface area contributed by atoms with Gasteiger partial charge in [-0.3, -0.25) is 4.79 Å². The Kier molecular flexibility index (Phi) is 4.07. The summed E-state index contributed by atoms with van der Waals surface area (Å²) < 4.78 is 0. The fourth-order valence-electron chi connectivity index (χ4n) is 3.60. The van der Waals surface area contributed by atoms with E-state index in [1.165, 1.54) is 25.7 Å². The molecule has 4 nitrogen and oxygen atoms in total. The average molecular weight is 308 g/mol. The molecule has 3 rings (SSSR count). The number of amides is 1. The second kappa shape index (κ2) is 5.84. The fourth-order valence-corrected chi connectivity index (χ4v) is 3.74. The maximum absolute atomic E-state index is 12.5. The number of fused-ring (bicyclic) bond motifs is 1. The lowest BCUT2D eigenvalue weighted by Crippen LogP contribution is -2.55. The van der Waals surface area contributed by atoms with Gasteiger partial charge in [-0.2, -0.15) is 0 Å². The van der Waals surface area contributed by atoms with Gasteiger partial charge in [0.1, 0.15) is 11.2 Å². The van der Waals surface area contributed by atoms with Gasteiger partial charge >= 0.3 is 0 Å². The number of aromatic nitrogens is 1. The Morgan fingerprint density at radius 2 is 1.86 bits per heavy atom. The van der Waals surface area contributed by atoms with Crippen LogP contribution in [0.5, 0.6) is 0 Å². The van der Waals surface area contributed by atoms with E-state index in [1.807, 2.05) is 20.0 Å². The topological polar surface area (TPSA) is 36.4 Å². The van der Waals surface area contributed by atoms with Crippen LogP contribution in [-0.2, 0) is 4.79 Å². The highest BCUT2D eigenvalue weighted by atomic mass is 35.5. The van der Waals surface area contributed by atoms with E-state index in [2.05, 4.69) is 9.88 Å².